The molecule has 0 radical (unpaired) electrons. The first-order valence-corrected chi connectivity index (χ1v) is 6.08. The number of nitrogens with two attached hydrogens (primary N) is 1. The van der Waals surface area contributed by atoms with Crippen molar-refractivity contribution in [1.82, 2.24) is 15.0 Å². The summed E-state index contributed by atoms with van der Waals surface area (Å²) in [5.41, 5.74) is 6.43. The van der Waals surface area contributed by atoms with Crippen molar-refractivity contribution in [2.75, 3.05) is 0 Å². The number of carbonyl (C=O) groups is 1. The molecule has 0 spiro atoms. The molecule has 19 heavy (non-hydrogen) atoms. The summed E-state index contributed by atoms with van der Waals surface area (Å²) < 4.78 is 1.40. The number of hydrogen-bond acceptors (Lipinski definition) is 4. The third-order valence-electron chi connectivity index (χ3n) is 2.59. The van der Waals surface area contributed by atoms with Gasteiger partial charge in [-0.15, -0.1) is 5.10 Å². The van der Waals surface area contributed by atoms with Gasteiger partial charge in [-0.05, 0) is 11.6 Å². The van der Waals surface area contributed by atoms with Gasteiger partial charge in [-0.25, -0.2) is 9.48 Å². The molecule has 0 aliphatic heterocycles. The first-order chi connectivity index (χ1) is 9.04. The summed E-state index contributed by atoms with van der Waals surface area (Å²) >= 11 is 12.0. The van der Waals surface area contributed by atoms with Gasteiger partial charge in [0.2, 0.25) is 0 Å². The molecule has 1 aromatic heterocycles. The highest BCUT2D eigenvalue weighted by molar-refractivity contribution is 6.42. The number of nitrogens with zero attached hydrogens (tertiary/aromatic N) is 3. The van der Waals surface area contributed by atoms with E-state index in [1.165, 1.54) is 4.68 Å². The standard InChI is InChI=1S/C11H10Cl2N4O2/c12-7-3-1-2-6(9(7)13)5-17-8(4-14)10(11(18)19)15-16-17/h1-3H,4-5,14H2,(H,18,19). The van der Waals surface area contributed by atoms with E-state index >= 15 is 0 Å². The number of aromatic carboxylic acids is 1. The molecule has 1 heterocycles. The van der Waals surface area contributed by atoms with E-state index in [1.54, 1.807) is 18.2 Å². The van der Waals surface area contributed by atoms with E-state index in [9.17, 15) is 4.79 Å². The van der Waals surface area contributed by atoms with Crippen LogP contribution in [-0.2, 0) is 13.1 Å². The Morgan fingerprint density at radius 3 is 2.79 bits per heavy atom. The molecule has 3 N–H and O–H groups in total. The SMILES string of the molecule is NCc1c(C(=O)O)nnn1Cc1cccc(Cl)c1Cl. The molecule has 0 unspecified atom stereocenters. The number of benzene rings is 1. The maximum absolute atomic E-state index is 10.9. The van der Waals surface area contributed by atoms with Crippen LogP contribution >= 0.6 is 23.2 Å². The van der Waals surface area contributed by atoms with Crippen molar-refractivity contribution < 1.29 is 9.90 Å². The smallest absolute Gasteiger partial charge is 0.358 e. The molecular weight excluding hydrogens is 291 g/mol. The van der Waals surface area contributed by atoms with Crippen molar-refractivity contribution >= 4 is 29.2 Å². The maximum Gasteiger partial charge on any atom is 0.358 e. The van der Waals surface area contributed by atoms with E-state index in [0.29, 0.717) is 21.3 Å². The molecule has 1 aromatic carbocycles. The largest absolute Gasteiger partial charge is 0.476 e. The van der Waals surface area contributed by atoms with E-state index in [0.717, 1.165) is 0 Å². The molecule has 6 nitrogen and oxygen atoms in total. The Hall–Kier alpha value is -1.63. The van der Waals surface area contributed by atoms with Crippen molar-refractivity contribution in [3.05, 3.63) is 45.2 Å². The van der Waals surface area contributed by atoms with Gasteiger partial charge in [0.05, 0.1) is 22.3 Å². The number of carboxylic acid groups (broad SMARTS) is 1. The summed E-state index contributed by atoms with van der Waals surface area (Å²) in [6.07, 6.45) is 0. The lowest BCUT2D eigenvalue weighted by atomic mass is 10.2. The maximum atomic E-state index is 10.9. The molecule has 0 saturated heterocycles. The average Bonchev–Trinajstić information content (AvgIpc) is 2.78. The zero-order chi connectivity index (χ0) is 14.0. The Kier molecular flexibility index (Phi) is 4.04. The van der Waals surface area contributed by atoms with E-state index in [4.69, 9.17) is 34.0 Å². The van der Waals surface area contributed by atoms with Gasteiger partial charge in [-0.2, -0.15) is 0 Å². The fourth-order valence-electron chi connectivity index (χ4n) is 1.66. The van der Waals surface area contributed by atoms with Crippen LogP contribution < -0.4 is 5.73 Å². The minimum Gasteiger partial charge on any atom is -0.476 e. The molecule has 0 atom stereocenters. The molecule has 0 bridgehead atoms. The molecule has 0 saturated carbocycles. The van der Waals surface area contributed by atoms with E-state index in [1.807, 2.05) is 0 Å². The highest BCUT2D eigenvalue weighted by Gasteiger charge is 2.18. The molecule has 0 amide bonds. The first kappa shape index (κ1) is 13.8. The van der Waals surface area contributed by atoms with Gasteiger partial charge in [-0.3, -0.25) is 0 Å². The Morgan fingerprint density at radius 2 is 2.16 bits per heavy atom. The van der Waals surface area contributed by atoms with E-state index in [-0.39, 0.29) is 18.8 Å². The molecule has 2 aromatic rings. The molecule has 0 aliphatic carbocycles. The summed E-state index contributed by atoms with van der Waals surface area (Å²) in [5.74, 6) is -1.16. The monoisotopic (exact) mass is 300 g/mol. The summed E-state index contributed by atoms with van der Waals surface area (Å²) in [5, 5.41) is 17.2. The molecule has 2 rings (SSSR count). The molecular formula is C11H10Cl2N4O2. The number of halogens is 2. The van der Waals surface area contributed by atoms with Gasteiger partial charge in [0.1, 0.15) is 0 Å². The van der Waals surface area contributed by atoms with Crippen LogP contribution in [0.2, 0.25) is 10.0 Å². The molecule has 8 heteroatoms. The average molecular weight is 301 g/mol. The third kappa shape index (κ3) is 2.70. The number of carboxylic acids is 1. The van der Waals surface area contributed by atoms with Gasteiger partial charge in [0.25, 0.3) is 0 Å². The van der Waals surface area contributed by atoms with Crippen LogP contribution in [0.1, 0.15) is 21.7 Å². The first-order valence-electron chi connectivity index (χ1n) is 5.33. The van der Waals surface area contributed by atoms with Crippen molar-refractivity contribution in [2.24, 2.45) is 5.73 Å². The second-order valence-electron chi connectivity index (χ2n) is 3.76. The quantitative estimate of drug-likeness (QED) is 0.898. The number of aromatic nitrogens is 3. The van der Waals surface area contributed by atoms with Crippen molar-refractivity contribution in [2.45, 2.75) is 13.1 Å². The van der Waals surface area contributed by atoms with Crippen molar-refractivity contribution in [3.63, 3.8) is 0 Å². The second kappa shape index (κ2) is 5.56. The summed E-state index contributed by atoms with van der Waals surface area (Å²) in [6, 6.07) is 5.19. The fraction of sp³-hybridized carbons (Fsp3) is 0.182. The Labute approximate surface area is 118 Å². The van der Waals surface area contributed by atoms with E-state index in [2.05, 4.69) is 10.3 Å². The normalized spacial score (nSPS) is 10.7. The number of rotatable bonds is 4. The van der Waals surface area contributed by atoms with Crippen LogP contribution in [0.5, 0.6) is 0 Å². The Bertz CT molecular complexity index is 627. The number of hydrogen-bond donors (Lipinski definition) is 2. The van der Waals surface area contributed by atoms with Crippen molar-refractivity contribution in [3.8, 4) is 0 Å². The third-order valence-corrected chi connectivity index (χ3v) is 3.44. The minimum atomic E-state index is -1.16. The van der Waals surface area contributed by atoms with Gasteiger partial charge in [-0.1, -0.05) is 40.5 Å². The fourth-order valence-corrected chi connectivity index (χ4v) is 2.04. The lowest BCUT2D eigenvalue weighted by Crippen LogP contribution is -2.13. The van der Waals surface area contributed by atoms with Crippen LogP contribution in [0.25, 0.3) is 0 Å². The minimum absolute atomic E-state index is 0.0207. The van der Waals surface area contributed by atoms with Crippen LogP contribution in [0.3, 0.4) is 0 Å². The second-order valence-corrected chi connectivity index (χ2v) is 4.55. The molecule has 100 valence electrons. The van der Waals surface area contributed by atoms with Crippen LogP contribution in [0.4, 0.5) is 0 Å². The van der Waals surface area contributed by atoms with Gasteiger partial charge in [0.15, 0.2) is 5.69 Å². The van der Waals surface area contributed by atoms with Gasteiger partial charge < -0.3 is 10.8 Å². The zero-order valence-corrected chi connectivity index (χ0v) is 11.2. The molecule has 0 fully saturated rings. The highest BCUT2D eigenvalue weighted by atomic mass is 35.5. The lowest BCUT2D eigenvalue weighted by molar-refractivity contribution is 0.0689. The van der Waals surface area contributed by atoms with Crippen LogP contribution in [0.15, 0.2) is 18.2 Å². The molecule has 0 aliphatic rings. The summed E-state index contributed by atoms with van der Waals surface area (Å²) in [4.78, 5) is 10.9. The zero-order valence-electron chi connectivity index (χ0n) is 9.68. The van der Waals surface area contributed by atoms with Gasteiger partial charge >= 0.3 is 5.97 Å². The lowest BCUT2D eigenvalue weighted by Gasteiger charge is -2.08. The predicted molar refractivity (Wildman–Crippen MR) is 70.4 cm³/mol. The Balaban J connectivity index is 2.39. The summed E-state index contributed by atoms with van der Waals surface area (Å²) in [7, 11) is 0. The van der Waals surface area contributed by atoms with Crippen LogP contribution in [-0.4, -0.2) is 26.1 Å². The van der Waals surface area contributed by atoms with E-state index < -0.39 is 5.97 Å². The summed E-state index contributed by atoms with van der Waals surface area (Å²) in [6.45, 7) is 0.277. The highest BCUT2D eigenvalue weighted by Crippen LogP contribution is 2.26. The predicted octanol–water partition coefficient (Wildman–Crippen LogP) is 1.79. The van der Waals surface area contributed by atoms with Crippen LogP contribution in [0, 0.1) is 0 Å². The Morgan fingerprint density at radius 1 is 1.42 bits per heavy atom. The van der Waals surface area contributed by atoms with Crippen molar-refractivity contribution in [1.29, 1.82) is 0 Å². The van der Waals surface area contributed by atoms with Gasteiger partial charge in [0, 0.05) is 6.54 Å². The topological polar surface area (TPSA) is 94.0 Å².